The Hall–Kier alpha value is -3.97. The molecule has 1 aliphatic rings. The summed E-state index contributed by atoms with van der Waals surface area (Å²) in [5.74, 6) is 8.77. The molecule has 4 rings (SSSR count). The third-order valence-corrected chi connectivity index (χ3v) is 12.4. The molecule has 2 atom stereocenters. The third-order valence-electron chi connectivity index (χ3n) is 4.42. The van der Waals surface area contributed by atoms with E-state index in [1.165, 1.54) is 0 Å². The molecule has 0 aliphatic carbocycles. The Morgan fingerprint density at radius 2 is 1.20 bits per heavy atom. The van der Waals surface area contributed by atoms with E-state index in [0.717, 1.165) is 9.21 Å². The molecule has 10 nitrogen and oxygen atoms in total. The van der Waals surface area contributed by atoms with Crippen molar-refractivity contribution in [3.63, 3.8) is 0 Å². The van der Waals surface area contributed by atoms with Crippen molar-refractivity contribution in [1.29, 1.82) is 21.0 Å². The Morgan fingerprint density at radius 3 is 1.66 bits per heavy atom. The topological polar surface area (TPSA) is 142 Å². The average molecular weight is 518 g/mol. The van der Waals surface area contributed by atoms with Gasteiger partial charge in [0, 0.05) is 0 Å². The van der Waals surface area contributed by atoms with Crippen molar-refractivity contribution in [2.75, 3.05) is 0 Å². The van der Waals surface area contributed by atoms with Crippen molar-refractivity contribution in [1.82, 2.24) is 9.21 Å². The van der Waals surface area contributed by atoms with Gasteiger partial charge >= 0.3 is 20.8 Å². The van der Waals surface area contributed by atoms with Crippen molar-refractivity contribution in [2.45, 2.75) is 0 Å². The molecule has 0 bridgehead atoms. The number of hydrogen-bond acceptors (Lipinski definition) is 10. The van der Waals surface area contributed by atoms with Crippen LogP contribution in [0.15, 0.2) is 95.5 Å². The fourth-order valence-corrected chi connectivity index (χ4v) is 11.3. The quantitative estimate of drug-likeness (QED) is 0.323. The SMILES string of the molecule is N#CP1N=P(C#N)(C#N)N(Oc2ccccc2)[P+](C#N)(Oc2ccccc2)N1Oc1ccccc1. The summed E-state index contributed by atoms with van der Waals surface area (Å²) in [7, 11) is -10.2. The molecule has 0 fully saturated rings. The van der Waals surface area contributed by atoms with Crippen LogP contribution in [0.1, 0.15) is 0 Å². The largest absolute Gasteiger partial charge is 0.523 e. The highest BCUT2D eigenvalue weighted by Gasteiger charge is 2.74. The first-order valence-electron chi connectivity index (χ1n) is 9.88. The van der Waals surface area contributed by atoms with Crippen LogP contribution in [0.4, 0.5) is 0 Å². The van der Waals surface area contributed by atoms with Gasteiger partial charge in [0.05, 0.1) is 0 Å². The van der Waals surface area contributed by atoms with Crippen LogP contribution in [0, 0.1) is 44.3 Å². The van der Waals surface area contributed by atoms with Crippen LogP contribution in [0.25, 0.3) is 0 Å². The second-order valence-corrected chi connectivity index (χ2v) is 13.3. The van der Waals surface area contributed by atoms with Gasteiger partial charge in [0.1, 0.15) is 26.6 Å². The first kappa shape index (κ1) is 24.2. The fraction of sp³-hybridized carbons (Fsp3) is 0. The summed E-state index contributed by atoms with van der Waals surface area (Å²) < 4.78 is 12.5. The zero-order valence-corrected chi connectivity index (χ0v) is 20.5. The number of nitrogens with zero attached hydrogens (tertiary/aromatic N) is 7. The van der Waals surface area contributed by atoms with Crippen molar-refractivity contribution >= 4 is 23.2 Å². The van der Waals surface area contributed by atoms with E-state index in [1.807, 2.05) is 17.4 Å². The van der Waals surface area contributed by atoms with Crippen LogP contribution in [0.3, 0.4) is 0 Å². The van der Waals surface area contributed by atoms with Gasteiger partial charge in [0.2, 0.25) is 0 Å². The molecule has 3 aromatic carbocycles. The van der Waals surface area contributed by atoms with Gasteiger partial charge in [-0.15, -0.1) is 5.26 Å². The second-order valence-electron chi connectivity index (χ2n) is 6.64. The van der Waals surface area contributed by atoms with Gasteiger partial charge in [-0.25, -0.2) is 0 Å². The molecule has 13 heteroatoms. The molecule has 3 aromatic rings. The van der Waals surface area contributed by atoms with Crippen LogP contribution in [0.2, 0.25) is 0 Å². The molecule has 0 N–H and O–H groups in total. The van der Waals surface area contributed by atoms with Crippen molar-refractivity contribution in [3.05, 3.63) is 91.0 Å². The van der Waals surface area contributed by atoms with Crippen LogP contribution in [0.5, 0.6) is 17.2 Å². The fourth-order valence-electron chi connectivity index (χ4n) is 2.90. The zero-order valence-electron chi connectivity index (χ0n) is 17.9. The number of para-hydroxylation sites is 3. The second kappa shape index (κ2) is 10.5. The molecule has 0 spiro atoms. The van der Waals surface area contributed by atoms with E-state index in [-0.39, 0.29) is 11.5 Å². The molecule has 0 aromatic heterocycles. The van der Waals surface area contributed by atoms with Gasteiger partial charge in [0.15, 0.2) is 17.2 Å². The van der Waals surface area contributed by atoms with E-state index in [1.54, 1.807) is 91.0 Å². The Labute approximate surface area is 203 Å². The minimum atomic E-state index is -4.03. The van der Waals surface area contributed by atoms with Gasteiger partial charge in [-0.2, -0.15) is 20.3 Å². The van der Waals surface area contributed by atoms with E-state index in [4.69, 9.17) is 14.2 Å². The molecular formula is C22H15N7O3P3+. The summed E-state index contributed by atoms with van der Waals surface area (Å²) in [5.41, 5.74) is 0. The molecule has 1 aliphatic heterocycles. The Kier molecular flexibility index (Phi) is 7.27. The number of rotatable bonds is 6. The minimum Gasteiger partial charge on any atom is -0.362 e. The standard InChI is InChI=1S/C22H15N7O3P3/c23-16-33-27-34(17-24,18-25)29(31-21-12-6-2-7-13-21)35(19-26,32-22-14-8-3-9-15-22)28(33)30-20-10-4-1-5-11-20/h1-15H/q+1. The predicted octanol–water partition coefficient (Wildman–Crippen LogP) is 6.79. The van der Waals surface area contributed by atoms with Crippen LogP contribution in [-0.4, -0.2) is 9.21 Å². The average Bonchev–Trinajstić information content (AvgIpc) is 2.92. The zero-order chi connectivity index (χ0) is 24.7. The lowest BCUT2D eigenvalue weighted by Crippen LogP contribution is -2.39. The van der Waals surface area contributed by atoms with Crippen LogP contribution >= 0.6 is 23.2 Å². The maximum Gasteiger partial charge on any atom is 0.523 e. The molecule has 170 valence electrons. The summed E-state index contributed by atoms with van der Waals surface area (Å²) in [5, 5.41) is 40.9. The van der Waals surface area contributed by atoms with Crippen LogP contribution < -0.4 is 14.2 Å². The summed E-state index contributed by atoms with van der Waals surface area (Å²) in [4.78, 5) is 12.0. The Bertz CT molecular complexity index is 1400. The Balaban J connectivity index is 1.97. The smallest absolute Gasteiger partial charge is 0.362 e. The van der Waals surface area contributed by atoms with E-state index in [2.05, 4.69) is 10.3 Å². The summed E-state index contributed by atoms with van der Waals surface area (Å²) >= 11 is 0. The number of benzene rings is 3. The minimum absolute atomic E-state index is 0.247. The summed E-state index contributed by atoms with van der Waals surface area (Å²) in [6.45, 7) is 0. The summed E-state index contributed by atoms with van der Waals surface area (Å²) in [6.07, 6.45) is 0. The molecule has 1 heterocycles. The van der Waals surface area contributed by atoms with E-state index < -0.39 is 23.2 Å². The van der Waals surface area contributed by atoms with Crippen molar-refractivity contribution in [2.24, 2.45) is 4.52 Å². The first-order chi connectivity index (χ1) is 17.1. The van der Waals surface area contributed by atoms with Gasteiger partial charge in [-0.05, 0) is 36.4 Å². The van der Waals surface area contributed by atoms with Gasteiger partial charge in [-0.1, -0.05) is 54.6 Å². The highest BCUT2D eigenvalue weighted by Crippen LogP contribution is 2.85. The van der Waals surface area contributed by atoms with Gasteiger partial charge in [0.25, 0.3) is 8.22 Å². The van der Waals surface area contributed by atoms with Crippen molar-refractivity contribution < 1.29 is 14.2 Å². The monoisotopic (exact) mass is 518 g/mol. The molecule has 0 saturated heterocycles. The third kappa shape index (κ3) is 4.68. The van der Waals surface area contributed by atoms with E-state index >= 15 is 0 Å². The molecule has 0 radical (unpaired) electrons. The van der Waals surface area contributed by atoms with Crippen LogP contribution in [-0.2, 0) is 0 Å². The molecule has 0 amide bonds. The number of hydrogen-bond donors (Lipinski definition) is 0. The maximum atomic E-state index is 10.6. The lowest BCUT2D eigenvalue weighted by molar-refractivity contribution is 0.0683. The predicted molar refractivity (Wildman–Crippen MR) is 131 cm³/mol. The van der Waals surface area contributed by atoms with Crippen molar-refractivity contribution in [3.8, 4) is 40.5 Å². The molecule has 2 unspecified atom stereocenters. The van der Waals surface area contributed by atoms with Gasteiger partial charge < -0.3 is 9.68 Å². The highest BCUT2D eigenvalue weighted by molar-refractivity contribution is 7.95. The molecule has 0 saturated carbocycles. The molecule has 35 heavy (non-hydrogen) atoms. The molecular weight excluding hydrogens is 503 g/mol. The summed E-state index contributed by atoms with van der Waals surface area (Å²) in [6, 6.07) is 25.2. The number of nitriles is 4. The normalized spacial score (nSPS) is 21.1. The lowest BCUT2D eigenvalue weighted by atomic mass is 10.3. The maximum absolute atomic E-state index is 10.6. The Morgan fingerprint density at radius 1 is 0.714 bits per heavy atom. The lowest BCUT2D eigenvalue weighted by Gasteiger charge is -2.37. The first-order valence-corrected chi connectivity index (χ1v) is 14.4. The van der Waals surface area contributed by atoms with E-state index in [9.17, 15) is 21.0 Å². The van der Waals surface area contributed by atoms with E-state index in [0.29, 0.717) is 5.75 Å². The highest BCUT2D eigenvalue weighted by atomic mass is 31.3. The van der Waals surface area contributed by atoms with Gasteiger partial charge in [-0.3, -0.25) is 4.52 Å².